The van der Waals surface area contributed by atoms with Crippen molar-refractivity contribution in [2.45, 2.75) is 6.36 Å². The van der Waals surface area contributed by atoms with Crippen molar-refractivity contribution >= 4 is 29.0 Å². The number of amides is 2. The number of ether oxygens (including phenoxy) is 1. The molecule has 2 aromatic carbocycles. The highest BCUT2D eigenvalue weighted by Crippen LogP contribution is 2.29. The molecule has 4 nitrogen and oxygen atoms in total. The van der Waals surface area contributed by atoms with Crippen molar-refractivity contribution in [1.82, 2.24) is 5.32 Å². The summed E-state index contributed by atoms with van der Waals surface area (Å²) in [5, 5.41) is 1.75. The summed E-state index contributed by atoms with van der Waals surface area (Å²) in [6.07, 6.45) is -3.15. The predicted molar refractivity (Wildman–Crippen MR) is 87.7 cm³/mol. The first-order valence-electron chi connectivity index (χ1n) is 7.01. The minimum atomic E-state index is -4.73. The van der Waals surface area contributed by atoms with Gasteiger partial charge >= 0.3 is 6.36 Å². The Bertz CT molecular complexity index is 860. The molecule has 2 amide bonds. The molecule has 1 heterocycles. The van der Waals surface area contributed by atoms with Gasteiger partial charge in [-0.15, -0.1) is 13.2 Å². The number of imide groups is 1. The highest BCUT2D eigenvalue weighted by Gasteiger charge is 2.31. The summed E-state index contributed by atoms with van der Waals surface area (Å²) in [5.41, 5.74) is 2.14. The van der Waals surface area contributed by atoms with Crippen LogP contribution in [0.25, 0.3) is 17.2 Å². The lowest BCUT2D eigenvalue weighted by atomic mass is 10.0. The zero-order valence-electron chi connectivity index (χ0n) is 12.5. The third kappa shape index (κ3) is 4.42. The highest BCUT2D eigenvalue weighted by molar-refractivity contribution is 8.18. The number of hydrogen-bond donors (Lipinski definition) is 1. The summed E-state index contributed by atoms with van der Waals surface area (Å²) in [6.45, 7) is 0. The second-order valence-corrected chi connectivity index (χ2v) is 6.06. The number of alkyl halides is 3. The second kappa shape index (κ2) is 6.64. The van der Waals surface area contributed by atoms with Gasteiger partial charge in [-0.1, -0.05) is 30.3 Å². The van der Waals surface area contributed by atoms with E-state index < -0.39 is 17.5 Å². The van der Waals surface area contributed by atoms with Gasteiger partial charge in [0.1, 0.15) is 5.75 Å². The SMILES string of the molecule is O=C1NC(=O)/C(=C\c2cccc(-c3ccc(OC(F)(F)F)cc3)c2)S1. The van der Waals surface area contributed by atoms with Gasteiger partial charge in [-0.25, -0.2) is 0 Å². The lowest BCUT2D eigenvalue weighted by Crippen LogP contribution is -2.17. The smallest absolute Gasteiger partial charge is 0.406 e. The number of nitrogens with one attached hydrogen (secondary N) is 1. The lowest BCUT2D eigenvalue weighted by molar-refractivity contribution is -0.274. The van der Waals surface area contributed by atoms with Crippen LogP contribution >= 0.6 is 11.8 Å². The van der Waals surface area contributed by atoms with Crippen LogP contribution in [0.1, 0.15) is 5.56 Å². The van der Waals surface area contributed by atoms with Crippen molar-refractivity contribution in [3.05, 3.63) is 59.0 Å². The maximum atomic E-state index is 12.2. The molecule has 0 unspecified atom stereocenters. The molecule has 0 radical (unpaired) electrons. The van der Waals surface area contributed by atoms with Crippen LogP contribution < -0.4 is 10.1 Å². The summed E-state index contributed by atoms with van der Waals surface area (Å²) in [6, 6.07) is 12.5. The van der Waals surface area contributed by atoms with E-state index in [0.717, 1.165) is 17.3 Å². The summed E-state index contributed by atoms with van der Waals surface area (Å²) in [7, 11) is 0. The Kier molecular flexibility index (Phi) is 4.54. The Morgan fingerprint density at radius 1 is 1.00 bits per heavy atom. The fourth-order valence-electron chi connectivity index (χ4n) is 2.23. The number of rotatable bonds is 3. The fourth-order valence-corrected chi connectivity index (χ4v) is 2.91. The average Bonchev–Trinajstić information content (AvgIpc) is 2.84. The van der Waals surface area contributed by atoms with Crippen molar-refractivity contribution < 1.29 is 27.5 Å². The van der Waals surface area contributed by atoms with Gasteiger partial charge in [0.05, 0.1) is 4.91 Å². The fraction of sp³-hybridized carbons (Fsp3) is 0.0588. The van der Waals surface area contributed by atoms with Crippen LogP contribution in [0.4, 0.5) is 18.0 Å². The van der Waals surface area contributed by atoms with Gasteiger partial charge in [0.25, 0.3) is 11.1 Å². The Morgan fingerprint density at radius 2 is 1.72 bits per heavy atom. The molecule has 1 fully saturated rings. The number of thioether (sulfide) groups is 1. The molecule has 3 rings (SSSR count). The van der Waals surface area contributed by atoms with E-state index in [-0.39, 0.29) is 10.7 Å². The Hall–Kier alpha value is -2.74. The third-order valence-electron chi connectivity index (χ3n) is 3.25. The van der Waals surface area contributed by atoms with E-state index in [9.17, 15) is 22.8 Å². The quantitative estimate of drug-likeness (QED) is 0.809. The van der Waals surface area contributed by atoms with Crippen molar-refractivity contribution in [2.24, 2.45) is 0 Å². The average molecular weight is 365 g/mol. The molecule has 0 spiro atoms. The zero-order valence-corrected chi connectivity index (χ0v) is 13.3. The van der Waals surface area contributed by atoms with Crippen LogP contribution in [0.2, 0.25) is 0 Å². The number of carbonyl (C=O) groups is 2. The van der Waals surface area contributed by atoms with Crippen molar-refractivity contribution in [3.8, 4) is 16.9 Å². The Morgan fingerprint density at radius 3 is 2.32 bits per heavy atom. The summed E-state index contributed by atoms with van der Waals surface area (Å²) < 4.78 is 40.4. The molecule has 8 heteroatoms. The molecule has 1 N–H and O–H groups in total. The summed E-state index contributed by atoms with van der Waals surface area (Å²) in [5.74, 6) is -0.749. The van der Waals surface area contributed by atoms with E-state index in [0.29, 0.717) is 11.1 Å². The predicted octanol–water partition coefficient (Wildman–Crippen LogP) is 4.58. The van der Waals surface area contributed by atoms with Gasteiger partial charge in [0.2, 0.25) is 0 Å². The molecule has 1 aliphatic rings. The number of carbonyl (C=O) groups excluding carboxylic acids is 2. The van der Waals surface area contributed by atoms with Gasteiger partial charge in [0, 0.05) is 0 Å². The van der Waals surface area contributed by atoms with E-state index >= 15 is 0 Å². The Labute approximate surface area is 144 Å². The number of benzene rings is 2. The molecular weight excluding hydrogens is 355 g/mol. The van der Waals surface area contributed by atoms with Gasteiger partial charge < -0.3 is 4.74 Å². The summed E-state index contributed by atoms with van der Waals surface area (Å²) in [4.78, 5) is 23.0. The van der Waals surface area contributed by atoms with E-state index in [2.05, 4.69) is 10.1 Å². The van der Waals surface area contributed by atoms with Crippen LogP contribution in [-0.2, 0) is 4.79 Å². The standard InChI is InChI=1S/C17H10F3NO3S/c18-17(19,20)24-13-6-4-11(5-7-13)12-3-1-2-10(8-12)9-14-15(22)21-16(23)25-14/h1-9H,(H,21,22,23)/b14-9+. The first-order chi connectivity index (χ1) is 11.8. The topological polar surface area (TPSA) is 55.4 Å². The lowest BCUT2D eigenvalue weighted by Gasteiger charge is -2.09. The maximum absolute atomic E-state index is 12.2. The van der Waals surface area contributed by atoms with Crippen molar-refractivity contribution in [2.75, 3.05) is 0 Å². The maximum Gasteiger partial charge on any atom is 0.573 e. The van der Waals surface area contributed by atoms with E-state index in [4.69, 9.17) is 0 Å². The van der Waals surface area contributed by atoms with Crippen LogP contribution in [0.5, 0.6) is 5.75 Å². The van der Waals surface area contributed by atoms with Crippen LogP contribution in [0.3, 0.4) is 0 Å². The largest absolute Gasteiger partial charge is 0.573 e. The Balaban J connectivity index is 1.83. The van der Waals surface area contributed by atoms with Crippen molar-refractivity contribution in [1.29, 1.82) is 0 Å². The number of halogens is 3. The first-order valence-corrected chi connectivity index (χ1v) is 7.83. The normalized spacial score (nSPS) is 16.2. The molecule has 0 saturated carbocycles. The van der Waals surface area contributed by atoms with Crippen LogP contribution in [0.15, 0.2) is 53.4 Å². The molecule has 0 bridgehead atoms. The van der Waals surface area contributed by atoms with Gasteiger partial charge in [-0.2, -0.15) is 0 Å². The van der Waals surface area contributed by atoms with Crippen molar-refractivity contribution in [3.63, 3.8) is 0 Å². The molecule has 1 saturated heterocycles. The van der Waals surface area contributed by atoms with Crippen LogP contribution in [0, 0.1) is 0 Å². The van der Waals surface area contributed by atoms with E-state index in [1.165, 1.54) is 24.3 Å². The van der Waals surface area contributed by atoms with Gasteiger partial charge in [0.15, 0.2) is 0 Å². The monoisotopic (exact) mass is 365 g/mol. The highest BCUT2D eigenvalue weighted by atomic mass is 32.2. The van der Waals surface area contributed by atoms with Gasteiger partial charge in [-0.05, 0) is 52.7 Å². The molecule has 0 aliphatic carbocycles. The minimum absolute atomic E-state index is 0.288. The molecular formula is C17H10F3NO3S. The van der Waals surface area contributed by atoms with Crippen LogP contribution in [-0.4, -0.2) is 17.5 Å². The molecule has 0 atom stereocenters. The van der Waals surface area contributed by atoms with Gasteiger partial charge in [-0.3, -0.25) is 14.9 Å². The first kappa shape index (κ1) is 17.1. The van der Waals surface area contributed by atoms with E-state index in [1.54, 1.807) is 30.3 Å². The summed E-state index contributed by atoms with van der Waals surface area (Å²) >= 11 is 0.816. The molecule has 0 aromatic heterocycles. The minimum Gasteiger partial charge on any atom is -0.406 e. The third-order valence-corrected chi connectivity index (χ3v) is 4.06. The number of hydrogen-bond acceptors (Lipinski definition) is 4. The molecule has 128 valence electrons. The molecule has 1 aliphatic heterocycles. The molecule has 25 heavy (non-hydrogen) atoms. The zero-order chi connectivity index (χ0) is 18.0. The second-order valence-electron chi connectivity index (χ2n) is 5.05. The molecule has 2 aromatic rings. The van der Waals surface area contributed by atoms with E-state index in [1.807, 2.05) is 0 Å².